The van der Waals surface area contributed by atoms with Gasteiger partial charge in [0, 0.05) is 12.1 Å². The monoisotopic (exact) mass is 466 g/mol. The largest absolute Gasteiger partial charge is 0.341 e. The summed E-state index contributed by atoms with van der Waals surface area (Å²) in [5.74, 6) is -3.95. The summed E-state index contributed by atoms with van der Waals surface area (Å²) in [6.07, 6.45) is 2.71. The Balaban J connectivity index is 1.53. The van der Waals surface area contributed by atoms with Crippen LogP contribution in [0.5, 0.6) is 0 Å². The molecular formula is C21H24F2N4O4S. The lowest BCUT2D eigenvalue weighted by Gasteiger charge is -2.30. The second-order valence-corrected chi connectivity index (χ2v) is 9.49. The molecule has 32 heavy (non-hydrogen) atoms. The average Bonchev–Trinajstić information content (AvgIpc) is 2.74. The predicted molar refractivity (Wildman–Crippen MR) is 115 cm³/mol. The van der Waals surface area contributed by atoms with Crippen molar-refractivity contribution in [3.8, 4) is 0 Å². The van der Waals surface area contributed by atoms with Crippen LogP contribution in [0.15, 0.2) is 47.5 Å². The topological polar surface area (TPSA) is 108 Å². The molecule has 1 aliphatic rings. The number of hydrogen-bond donors (Lipinski definition) is 2. The fraction of sp³-hybridized carbons (Fsp3) is 0.381. The SMILES string of the molecule is Cc1ccnc(NC(=O)C2CCN(CC(=O)Nc3ccccc3S(=O)(=O)C(F)F)CC2)c1. The summed E-state index contributed by atoms with van der Waals surface area (Å²) >= 11 is 0. The van der Waals surface area contributed by atoms with Crippen molar-refractivity contribution in [3.63, 3.8) is 0 Å². The summed E-state index contributed by atoms with van der Waals surface area (Å²) in [5.41, 5.74) is 0.803. The fourth-order valence-corrected chi connectivity index (χ4v) is 4.38. The molecular weight excluding hydrogens is 442 g/mol. The van der Waals surface area contributed by atoms with Gasteiger partial charge in [0.15, 0.2) is 0 Å². The molecule has 2 heterocycles. The number of pyridine rings is 1. The van der Waals surface area contributed by atoms with Crippen LogP contribution in [0.3, 0.4) is 0 Å². The number of nitrogens with one attached hydrogen (secondary N) is 2. The van der Waals surface area contributed by atoms with E-state index in [1.807, 2.05) is 17.9 Å². The van der Waals surface area contributed by atoms with E-state index in [1.54, 1.807) is 12.3 Å². The molecule has 11 heteroatoms. The summed E-state index contributed by atoms with van der Waals surface area (Å²) in [5, 5.41) is 5.21. The molecule has 2 amide bonds. The van der Waals surface area contributed by atoms with Gasteiger partial charge in [-0.1, -0.05) is 12.1 Å². The molecule has 0 radical (unpaired) electrons. The number of likely N-dealkylation sites (tertiary alicyclic amines) is 1. The van der Waals surface area contributed by atoms with Crippen LogP contribution >= 0.6 is 0 Å². The number of carbonyl (C=O) groups is 2. The fourth-order valence-electron chi connectivity index (χ4n) is 3.49. The zero-order valence-electron chi connectivity index (χ0n) is 17.4. The van der Waals surface area contributed by atoms with Gasteiger partial charge in [-0.3, -0.25) is 14.5 Å². The maximum absolute atomic E-state index is 12.9. The van der Waals surface area contributed by atoms with Crippen LogP contribution < -0.4 is 10.6 Å². The number of carbonyl (C=O) groups excluding carboxylic acids is 2. The number of aromatic nitrogens is 1. The van der Waals surface area contributed by atoms with Gasteiger partial charge in [-0.25, -0.2) is 13.4 Å². The number of hydrogen-bond acceptors (Lipinski definition) is 6. The molecule has 172 valence electrons. The van der Waals surface area contributed by atoms with Crippen molar-refractivity contribution in [2.24, 2.45) is 5.92 Å². The van der Waals surface area contributed by atoms with Gasteiger partial charge in [0.1, 0.15) is 5.82 Å². The normalized spacial score (nSPS) is 15.5. The van der Waals surface area contributed by atoms with Crippen LogP contribution in [0.2, 0.25) is 0 Å². The molecule has 0 bridgehead atoms. The van der Waals surface area contributed by atoms with Crippen molar-refractivity contribution >= 4 is 33.2 Å². The number of para-hydroxylation sites is 1. The molecule has 0 spiro atoms. The van der Waals surface area contributed by atoms with Gasteiger partial charge in [0.05, 0.1) is 17.1 Å². The van der Waals surface area contributed by atoms with Crippen LogP contribution in [-0.2, 0) is 19.4 Å². The smallest absolute Gasteiger partial charge is 0.324 e. The Kier molecular flexibility index (Phi) is 7.52. The van der Waals surface area contributed by atoms with Crippen molar-refractivity contribution < 1.29 is 26.8 Å². The molecule has 1 aromatic carbocycles. The standard InChI is InChI=1S/C21H24F2N4O4S/c1-14-6-9-24-18(12-14)26-20(29)15-7-10-27(11-8-15)13-19(28)25-16-4-2-3-5-17(16)32(30,31)21(22)23/h2-6,9,12,15,21H,7-8,10-11,13H2,1H3,(H,25,28)(H,24,26,29). The van der Waals surface area contributed by atoms with Gasteiger partial charge in [0.2, 0.25) is 21.7 Å². The number of piperidine rings is 1. The molecule has 2 aromatic rings. The van der Waals surface area contributed by atoms with E-state index in [0.29, 0.717) is 31.7 Å². The van der Waals surface area contributed by atoms with Crippen LogP contribution in [-0.4, -0.2) is 55.5 Å². The van der Waals surface area contributed by atoms with E-state index < -0.39 is 26.4 Å². The first-order chi connectivity index (χ1) is 15.2. The van der Waals surface area contributed by atoms with E-state index in [9.17, 15) is 26.8 Å². The highest BCUT2D eigenvalue weighted by Crippen LogP contribution is 2.26. The minimum absolute atomic E-state index is 0.0448. The second kappa shape index (κ2) is 10.1. The van der Waals surface area contributed by atoms with Crippen molar-refractivity contribution in [3.05, 3.63) is 48.2 Å². The Morgan fingerprint density at radius 1 is 1.16 bits per heavy atom. The predicted octanol–water partition coefficient (Wildman–Crippen LogP) is 2.68. The Morgan fingerprint density at radius 2 is 1.84 bits per heavy atom. The van der Waals surface area contributed by atoms with Crippen LogP contribution in [0.4, 0.5) is 20.3 Å². The Bertz CT molecular complexity index is 1090. The number of alkyl halides is 2. The van der Waals surface area contributed by atoms with E-state index in [0.717, 1.165) is 11.6 Å². The Hall–Kier alpha value is -2.92. The first kappa shape index (κ1) is 23.7. The highest BCUT2D eigenvalue weighted by Gasteiger charge is 2.30. The number of rotatable bonds is 7. The van der Waals surface area contributed by atoms with Crippen LogP contribution in [0, 0.1) is 12.8 Å². The van der Waals surface area contributed by atoms with Crippen molar-refractivity contribution in [1.82, 2.24) is 9.88 Å². The number of benzene rings is 1. The molecule has 2 N–H and O–H groups in total. The van der Waals surface area contributed by atoms with Gasteiger partial charge >= 0.3 is 5.76 Å². The minimum Gasteiger partial charge on any atom is -0.324 e. The molecule has 1 fully saturated rings. The summed E-state index contributed by atoms with van der Waals surface area (Å²) in [6.45, 7) is 2.84. The summed E-state index contributed by atoms with van der Waals surface area (Å²) in [4.78, 5) is 30.2. The van der Waals surface area contributed by atoms with Crippen LogP contribution in [0.1, 0.15) is 18.4 Å². The van der Waals surface area contributed by atoms with E-state index in [-0.39, 0.29) is 24.1 Å². The average molecular weight is 467 g/mol. The summed E-state index contributed by atoms with van der Waals surface area (Å²) in [6, 6.07) is 8.68. The van der Waals surface area contributed by atoms with E-state index in [4.69, 9.17) is 0 Å². The van der Waals surface area contributed by atoms with E-state index in [1.165, 1.54) is 18.2 Å². The number of anilines is 2. The molecule has 1 saturated heterocycles. The molecule has 0 unspecified atom stereocenters. The molecule has 0 aliphatic carbocycles. The highest BCUT2D eigenvalue weighted by atomic mass is 32.2. The molecule has 0 saturated carbocycles. The number of amides is 2. The first-order valence-corrected chi connectivity index (χ1v) is 11.6. The zero-order chi connectivity index (χ0) is 23.3. The van der Waals surface area contributed by atoms with Crippen molar-refractivity contribution in [2.75, 3.05) is 30.3 Å². The van der Waals surface area contributed by atoms with Crippen molar-refractivity contribution in [2.45, 2.75) is 30.4 Å². The number of sulfone groups is 1. The van der Waals surface area contributed by atoms with Gasteiger partial charge in [0.25, 0.3) is 0 Å². The van der Waals surface area contributed by atoms with Gasteiger partial charge in [-0.15, -0.1) is 0 Å². The Labute approximate surface area is 184 Å². The summed E-state index contributed by atoms with van der Waals surface area (Å²) < 4.78 is 49.4. The van der Waals surface area contributed by atoms with Crippen molar-refractivity contribution in [1.29, 1.82) is 0 Å². The lowest BCUT2D eigenvalue weighted by atomic mass is 9.96. The highest BCUT2D eigenvalue weighted by molar-refractivity contribution is 7.91. The minimum atomic E-state index is -4.84. The van der Waals surface area contributed by atoms with Crippen LogP contribution in [0.25, 0.3) is 0 Å². The third kappa shape index (κ3) is 5.86. The summed E-state index contributed by atoms with van der Waals surface area (Å²) in [7, 11) is -4.84. The van der Waals surface area contributed by atoms with Gasteiger partial charge in [-0.05, 0) is 62.7 Å². The maximum Gasteiger partial charge on any atom is 0.341 e. The lowest BCUT2D eigenvalue weighted by molar-refractivity contribution is -0.121. The third-order valence-electron chi connectivity index (χ3n) is 5.19. The second-order valence-electron chi connectivity index (χ2n) is 7.61. The third-order valence-corrected chi connectivity index (χ3v) is 6.63. The Morgan fingerprint density at radius 3 is 2.50 bits per heavy atom. The van der Waals surface area contributed by atoms with Gasteiger partial charge in [-0.2, -0.15) is 8.78 Å². The maximum atomic E-state index is 12.9. The first-order valence-electron chi connectivity index (χ1n) is 10.0. The number of nitrogens with zero attached hydrogens (tertiary/aromatic N) is 2. The van der Waals surface area contributed by atoms with E-state index in [2.05, 4.69) is 15.6 Å². The molecule has 1 aliphatic heterocycles. The molecule has 8 nitrogen and oxygen atoms in total. The molecule has 1 aromatic heterocycles. The number of halogens is 2. The van der Waals surface area contributed by atoms with E-state index >= 15 is 0 Å². The number of aryl methyl sites for hydroxylation is 1. The zero-order valence-corrected chi connectivity index (χ0v) is 18.2. The van der Waals surface area contributed by atoms with Gasteiger partial charge < -0.3 is 10.6 Å². The quantitative estimate of drug-likeness (QED) is 0.650. The molecule has 3 rings (SSSR count). The molecule has 0 atom stereocenters. The lowest BCUT2D eigenvalue weighted by Crippen LogP contribution is -2.42.